The van der Waals surface area contributed by atoms with Crippen LogP contribution in [0.3, 0.4) is 0 Å². The van der Waals surface area contributed by atoms with Crippen LogP contribution in [0.4, 0.5) is 0 Å². The Morgan fingerprint density at radius 2 is 1.56 bits per heavy atom. The summed E-state index contributed by atoms with van der Waals surface area (Å²) in [5, 5.41) is 39.7. The largest absolute Gasteiger partial charge is 0.480 e. The van der Waals surface area contributed by atoms with Crippen LogP contribution in [-0.2, 0) is 58.5 Å². The first-order chi connectivity index (χ1) is 17.8. The molecular weight excluding hydrogens is 606 g/mol. The van der Waals surface area contributed by atoms with Gasteiger partial charge in [-0.2, -0.15) is 30.0 Å². The number of hydrogen-bond acceptors (Lipinski definition) is 15. The molecule has 0 unspecified atom stereocenters. The van der Waals surface area contributed by atoms with Gasteiger partial charge in [0.15, 0.2) is 6.29 Å². The minimum absolute atomic E-state index is 0.254. The Kier molecular flexibility index (Phi) is 11.5. The van der Waals surface area contributed by atoms with Crippen LogP contribution >= 0.6 is 0 Å². The average Bonchev–Trinajstić information content (AvgIpc) is 2.76. The summed E-state index contributed by atoms with van der Waals surface area (Å²) in [6, 6.07) is -1.82. The second-order valence-electron chi connectivity index (χ2n) is 8.21. The summed E-state index contributed by atoms with van der Waals surface area (Å²) < 4.78 is 119. The van der Waals surface area contributed by atoms with E-state index in [1.807, 2.05) is 0 Å². The fraction of sp³-hybridized carbons (Fsp3) is 0.812. The molecule has 8 N–H and O–H groups in total. The zero-order valence-electron chi connectivity index (χ0n) is 19.5. The maximum Gasteiger partial charge on any atom is 0.397 e. The molecule has 23 heteroatoms. The van der Waals surface area contributed by atoms with Gasteiger partial charge in [0.1, 0.15) is 24.4 Å². The first kappa shape index (κ1) is 33.6. The summed E-state index contributed by atoms with van der Waals surface area (Å²) >= 11 is 0. The van der Waals surface area contributed by atoms with E-state index in [1.165, 1.54) is 0 Å². The SMILES string of the molecule is O=C(O)C1=C[C@H](O)[C@@H](OS(=O)(=O)O)[C@H](CCOCC[C@H]2[C@H](O)[C@@H](NS(=O)(=O)O)[C@@H](O)O[C@@H]2COS(=O)(=O)O)O1. The molecule has 0 spiro atoms. The van der Waals surface area contributed by atoms with E-state index in [0.717, 1.165) is 0 Å². The molecule has 0 bridgehead atoms. The normalized spacial score (nSPS) is 32.3. The highest BCUT2D eigenvalue weighted by atomic mass is 32.3. The molecule has 0 aliphatic carbocycles. The third-order valence-corrected chi connectivity index (χ3v) is 6.93. The van der Waals surface area contributed by atoms with Crippen LogP contribution in [0.25, 0.3) is 0 Å². The second kappa shape index (κ2) is 13.4. The third kappa shape index (κ3) is 11.1. The van der Waals surface area contributed by atoms with Gasteiger partial charge in [-0.15, -0.1) is 0 Å². The summed E-state index contributed by atoms with van der Waals surface area (Å²) in [4.78, 5) is 11.2. The first-order valence-electron chi connectivity index (χ1n) is 10.7. The van der Waals surface area contributed by atoms with Crippen molar-refractivity contribution in [2.24, 2.45) is 5.92 Å². The number of carbonyl (C=O) groups is 1. The Labute approximate surface area is 221 Å². The number of aliphatic carboxylic acids is 1. The van der Waals surface area contributed by atoms with Gasteiger partial charge in [0, 0.05) is 18.9 Å². The van der Waals surface area contributed by atoms with E-state index in [4.69, 9.17) is 33.0 Å². The molecule has 1 saturated heterocycles. The number of nitrogens with one attached hydrogen (secondary N) is 1. The van der Waals surface area contributed by atoms with Gasteiger partial charge in [-0.25, -0.2) is 13.2 Å². The van der Waals surface area contributed by atoms with E-state index in [-0.39, 0.29) is 26.1 Å². The van der Waals surface area contributed by atoms with Gasteiger partial charge in [0.2, 0.25) is 5.76 Å². The minimum Gasteiger partial charge on any atom is -0.480 e. The number of aliphatic hydroxyl groups is 3. The van der Waals surface area contributed by atoms with Crippen LogP contribution in [0.5, 0.6) is 0 Å². The highest BCUT2D eigenvalue weighted by Crippen LogP contribution is 2.29. The van der Waals surface area contributed by atoms with E-state index in [2.05, 4.69) is 8.37 Å². The molecule has 0 aromatic heterocycles. The van der Waals surface area contributed by atoms with Gasteiger partial charge in [-0.3, -0.25) is 13.7 Å². The quantitative estimate of drug-likeness (QED) is 0.0666. The van der Waals surface area contributed by atoms with Crippen molar-refractivity contribution in [3.63, 3.8) is 0 Å². The lowest BCUT2D eigenvalue weighted by Gasteiger charge is -2.42. The first-order valence-corrected chi connectivity index (χ1v) is 14.9. The Bertz CT molecular complexity index is 1200. The number of ether oxygens (including phenoxy) is 3. The zero-order valence-corrected chi connectivity index (χ0v) is 21.9. The highest BCUT2D eigenvalue weighted by Gasteiger charge is 2.46. The molecule has 0 aromatic rings. The maximum absolute atomic E-state index is 11.2. The predicted molar refractivity (Wildman–Crippen MR) is 119 cm³/mol. The van der Waals surface area contributed by atoms with Crippen LogP contribution in [0.1, 0.15) is 12.8 Å². The van der Waals surface area contributed by atoms with Gasteiger partial charge < -0.3 is 34.6 Å². The van der Waals surface area contributed by atoms with Crippen LogP contribution in [0.15, 0.2) is 11.8 Å². The molecule has 228 valence electrons. The molecule has 8 atom stereocenters. The van der Waals surface area contributed by atoms with E-state index in [1.54, 1.807) is 4.72 Å². The van der Waals surface area contributed by atoms with Crippen molar-refractivity contribution in [3.05, 3.63) is 11.8 Å². The summed E-state index contributed by atoms with van der Waals surface area (Å²) in [5.41, 5.74) is 0. The molecular formula is C16H27NO19S3. The molecule has 0 saturated carbocycles. The number of carboxylic acid groups (broad SMARTS) is 1. The Hall–Kier alpha value is -1.58. The van der Waals surface area contributed by atoms with Crippen LogP contribution < -0.4 is 4.72 Å². The minimum atomic E-state index is -5.09. The van der Waals surface area contributed by atoms with Crippen molar-refractivity contribution in [2.45, 2.75) is 55.7 Å². The predicted octanol–water partition coefficient (Wildman–Crippen LogP) is -4.03. The van der Waals surface area contributed by atoms with Crippen molar-refractivity contribution in [1.29, 1.82) is 0 Å². The van der Waals surface area contributed by atoms with Gasteiger partial charge in [0.25, 0.3) is 0 Å². The topological polar surface area (TPSA) is 319 Å². The Balaban J connectivity index is 2.05. The van der Waals surface area contributed by atoms with Crippen LogP contribution in [0.2, 0.25) is 0 Å². The number of carboxylic acids is 1. The Morgan fingerprint density at radius 3 is 2.10 bits per heavy atom. The van der Waals surface area contributed by atoms with Crippen LogP contribution in [0, 0.1) is 5.92 Å². The maximum atomic E-state index is 11.2. The molecule has 2 aliphatic heterocycles. The lowest BCUT2D eigenvalue weighted by atomic mass is 9.86. The molecule has 1 fully saturated rings. The molecule has 0 aromatic carbocycles. The Morgan fingerprint density at radius 1 is 0.949 bits per heavy atom. The molecule has 0 radical (unpaired) electrons. The number of aliphatic hydroxyl groups excluding tert-OH is 3. The lowest BCUT2D eigenvalue weighted by molar-refractivity contribution is -0.236. The monoisotopic (exact) mass is 633 g/mol. The number of hydrogen-bond donors (Lipinski definition) is 8. The van der Waals surface area contributed by atoms with Crippen molar-refractivity contribution < 1.29 is 86.7 Å². The van der Waals surface area contributed by atoms with Crippen molar-refractivity contribution in [2.75, 3.05) is 19.8 Å². The van der Waals surface area contributed by atoms with Gasteiger partial charge in [0.05, 0.1) is 25.4 Å². The number of rotatable bonds is 14. The van der Waals surface area contributed by atoms with E-state index in [0.29, 0.717) is 6.08 Å². The van der Waals surface area contributed by atoms with Crippen molar-refractivity contribution >= 4 is 37.1 Å². The average molecular weight is 634 g/mol. The van der Waals surface area contributed by atoms with Crippen molar-refractivity contribution in [3.8, 4) is 0 Å². The highest BCUT2D eigenvalue weighted by molar-refractivity contribution is 7.83. The third-order valence-electron chi connectivity index (χ3n) is 5.46. The van der Waals surface area contributed by atoms with Gasteiger partial charge in [-0.1, -0.05) is 0 Å². The molecule has 20 nitrogen and oxygen atoms in total. The molecule has 39 heavy (non-hydrogen) atoms. The molecule has 2 rings (SSSR count). The molecule has 0 amide bonds. The van der Waals surface area contributed by atoms with Gasteiger partial charge >= 0.3 is 37.1 Å². The van der Waals surface area contributed by atoms with Gasteiger partial charge in [-0.05, 0) is 12.5 Å². The standard InChI is InChI=1S/C16H27NO19S3/c18-8-5-10(15(20)21)34-9(14(8)36-39(29,30)31)2-4-32-3-1-7-11(6-33-38(26,27)28)35-16(22)12(13(7)19)17-37(23,24)25/h5,7-9,11-14,16-19,22H,1-4,6H2,(H,20,21)(H,23,24,25)(H,26,27,28)(H,29,30,31)/t7-,8+,9+,11-,12-,13+,14-,16+/m1/s1. The van der Waals surface area contributed by atoms with E-state index >= 15 is 0 Å². The zero-order chi connectivity index (χ0) is 29.8. The summed E-state index contributed by atoms with van der Waals surface area (Å²) in [5.74, 6) is -3.56. The van der Waals surface area contributed by atoms with E-state index < -0.39 is 98.2 Å². The lowest BCUT2D eigenvalue weighted by Crippen LogP contribution is -2.62. The summed E-state index contributed by atoms with van der Waals surface area (Å²) in [6.07, 6.45) is -10.3. The molecule has 2 aliphatic rings. The second-order valence-corrected chi connectivity index (χ2v) is 11.5. The summed E-state index contributed by atoms with van der Waals surface area (Å²) in [6.45, 7) is -1.58. The summed E-state index contributed by atoms with van der Waals surface area (Å²) in [7, 11) is -15.0. The van der Waals surface area contributed by atoms with Crippen molar-refractivity contribution in [1.82, 2.24) is 4.72 Å². The molecule has 2 heterocycles. The fourth-order valence-electron chi connectivity index (χ4n) is 3.86. The fourth-order valence-corrected chi connectivity index (χ4v) is 5.28. The van der Waals surface area contributed by atoms with Crippen LogP contribution in [-0.4, -0.2) is 128 Å². The van der Waals surface area contributed by atoms with E-state index in [9.17, 15) is 45.4 Å². The smallest absolute Gasteiger partial charge is 0.397 e.